The number of carbonyl (C=O) groups is 1. The Bertz CT molecular complexity index is 662. The Morgan fingerprint density at radius 3 is 2.55 bits per heavy atom. The molecule has 2 aromatic rings. The minimum atomic E-state index is -0.887. The molecule has 1 amide bonds. The normalized spacial score (nSPS) is 11.4. The second-order valence-corrected chi connectivity index (χ2v) is 4.43. The van der Waals surface area contributed by atoms with E-state index in [9.17, 15) is 9.18 Å². The number of hydrogen-bond acceptors (Lipinski definition) is 2. The molecule has 4 heteroatoms. The summed E-state index contributed by atoms with van der Waals surface area (Å²) in [7, 11) is 0. The first-order chi connectivity index (χ1) is 9.61. The number of carbonyl (C=O) groups excluding carboxylic acids is 1. The summed E-state index contributed by atoms with van der Waals surface area (Å²) in [5.41, 5.74) is 1.55. The van der Waals surface area contributed by atoms with E-state index in [0.717, 1.165) is 0 Å². The molecule has 0 aliphatic carbocycles. The summed E-state index contributed by atoms with van der Waals surface area (Å²) in [6, 6.07) is 15.1. The van der Waals surface area contributed by atoms with Crippen molar-refractivity contribution in [2.24, 2.45) is 0 Å². The number of nitriles is 1. The van der Waals surface area contributed by atoms with E-state index in [1.165, 1.54) is 18.2 Å². The summed E-state index contributed by atoms with van der Waals surface area (Å²) in [6.07, 6.45) is 0. The lowest BCUT2D eigenvalue weighted by Gasteiger charge is -2.11. The maximum absolute atomic E-state index is 13.2. The van der Waals surface area contributed by atoms with Crippen LogP contribution in [0.2, 0.25) is 0 Å². The molecular weight excluding hydrogens is 255 g/mol. The Morgan fingerprint density at radius 1 is 1.25 bits per heavy atom. The Hall–Kier alpha value is -2.67. The van der Waals surface area contributed by atoms with Crippen LogP contribution >= 0.6 is 0 Å². The third-order valence-corrected chi connectivity index (χ3v) is 2.95. The van der Waals surface area contributed by atoms with Crippen molar-refractivity contribution in [3.05, 3.63) is 65.5 Å². The van der Waals surface area contributed by atoms with Crippen LogP contribution in [0.5, 0.6) is 0 Å². The smallest absolute Gasteiger partial charge is 0.246 e. The summed E-state index contributed by atoms with van der Waals surface area (Å²) < 4.78 is 13.2. The number of nitrogens with zero attached hydrogens (tertiary/aromatic N) is 1. The zero-order valence-electron chi connectivity index (χ0n) is 10.9. The van der Waals surface area contributed by atoms with Gasteiger partial charge in [-0.2, -0.15) is 5.26 Å². The second kappa shape index (κ2) is 5.98. The van der Waals surface area contributed by atoms with Crippen molar-refractivity contribution in [2.75, 3.05) is 5.32 Å². The molecule has 0 heterocycles. The van der Waals surface area contributed by atoms with Gasteiger partial charge in [-0.1, -0.05) is 30.3 Å². The molecule has 0 saturated heterocycles. The van der Waals surface area contributed by atoms with E-state index in [1.54, 1.807) is 31.2 Å². The molecule has 0 radical (unpaired) electrons. The second-order valence-electron chi connectivity index (χ2n) is 4.43. The monoisotopic (exact) mass is 268 g/mol. The van der Waals surface area contributed by atoms with Crippen molar-refractivity contribution in [2.45, 2.75) is 12.8 Å². The van der Waals surface area contributed by atoms with Crippen molar-refractivity contribution in [1.29, 1.82) is 5.26 Å². The van der Waals surface area contributed by atoms with E-state index in [2.05, 4.69) is 5.32 Å². The average molecular weight is 268 g/mol. The molecule has 0 aromatic heterocycles. The van der Waals surface area contributed by atoms with Gasteiger partial charge in [0.25, 0.3) is 0 Å². The minimum Gasteiger partial charge on any atom is -0.325 e. The average Bonchev–Trinajstić information content (AvgIpc) is 2.45. The lowest BCUT2D eigenvalue weighted by molar-refractivity contribution is -0.116. The van der Waals surface area contributed by atoms with Crippen LogP contribution in [0.4, 0.5) is 10.1 Å². The van der Waals surface area contributed by atoms with E-state index in [1.807, 2.05) is 12.1 Å². The lowest BCUT2D eigenvalue weighted by atomic mass is 10.00. The van der Waals surface area contributed by atoms with Gasteiger partial charge in [0.15, 0.2) is 5.92 Å². The van der Waals surface area contributed by atoms with E-state index < -0.39 is 11.8 Å². The van der Waals surface area contributed by atoms with Crippen LogP contribution in [0.25, 0.3) is 0 Å². The first kappa shape index (κ1) is 13.8. The van der Waals surface area contributed by atoms with Gasteiger partial charge in [0.2, 0.25) is 5.91 Å². The predicted molar refractivity (Wildman–Crippen MR) is 74.6 cm³/mol. The highest BCUT2D eigenvalue weighted by Gasteiger charge is 2.20. The maximum atomic E-state index is 13.2. The molecule has 0 aliphatic rings. The van der Waals surface area contributed by atoms with Crippen molar-refractivity contribution in [1.82, 2.24) is 0 Å². The molecule has 0 saturated carbocycles. The molecule has 1 atom stereocenters. The van der Waals surface area contributed by atoms with Gasteiger partial charge in [-0.05, 0) is 36.2 Å². The topological polar surface area (TPSA) is 52.9 Å². The zero-order chi connectivity index (χ0) is 14.5. The number of rotatable bonds is 3. The zero-order valence-corrected chi connectivity index (χ0v) is 10.9. The molecule has 100 valence electrons. The first-order valence-corrected chi connectivity index (χ1v) is 6.13. The number of aryl methyl sites for hydroxylation is 1. The molecular formula is C16H13FN2O. The SMILES string of the molecule is Cc1cc(NC(=O)C(C#N)c2ccccc2)ccc1F. The lowest BCUT2D eigenvalue weighted by Crippen LogP contribution is -2.20. The Labute approximate surface area is 116 Å². The van der Waals surface area contributed by atoms with Crippen LogP contribution in [0.1, 0.15) is 17.0 Å². The fraction of sp³-hybridized carbons (Fsp3) is 0.125. The minimum absolute atomic E-state index is 0.331. The third-order valence-electron chi connectivity index (χ3n) is 2.95. The van der Waals surface area contributed by atoms with Crippen LogP contribution in [0.15, 0.2) is 48.5 Å². The van der Waals surface area contributed by atoms with Crippen LogP contribution in [0, 0.1) is 24.1 Å². The molecule has 0 spiro atoms. The Morgan fingerprint density at radius 2 is 1.95 bits per heavy atom. The van der Waals surface area contributed by atoms with E-state index in [4.69, 9.17) is 5.26 Å². The van der Waals surface area contributed by atoms with Gasteiger partial charge in [0, 0.05) is 5.69 Å². The van der Waals surface area contributed by atoms with Crippen LogP contribution in [-0.4, -0.2) is 5.91 Å². The molecule has 3 nitrogen and oxygen atoms in total. The van der Waals surface area contributed by atoms with Crippen LogP contribution in [0.3, 0.4) is 0 Å². The molecule has 2 aromatic carbocycles. The summed E-state index contributed by atoms with van der Waals surface area (Å²) in [5, 5.41) is 11.8. The van der Waals surface area contributed by atoms with Crippen molar-refractivity contribution < 1.29 is 9.18 Å². The standard InChI is InChI=1S/C16H13FN2O/c1-11-9-13(7-8-15(11)17)19-16(20)14(10-18)12-5-3-2-4-6-12/h2-9,14H,1H3,(H,19,20). The molecule has 20 heavy (non-hydrogen) atoms. The summed E-state index contributed by atoms with van der Waals surface area (Å²) in [4.78, 5) is 12.1. The summed E-state index contributed by atoms with van der Waals surface area (Å²) >= 11 is 0. The van der Waals surface area contributed by atoms with Gasteiger partial charge < -0.3 is 5.32 Å². The fourth-order valence-corrected chi connectivity index (χ4v) is 1.87. The first-order valence-electron chi connectivity index (χ1n) is 6.13. The van der Waals surface area contributed by atoms with Gasteiger partial charge in [-0.25, -0.2) is 4.39 Å². The van der Waals surface area contributed by atoms with Crippen molar-refractivity contribution >= 4 is 11.6 Å². The summed E-state index contributed by atoms with van der Waals surface area (Å²) in [5.74, 6) is -1.64. The highest BCUT2D eigenvalue weighted by Crippen LogP contribution is 2.19. The number of amides is 1. The van der Waals surface area contributed by atoms with E-state index in [-0.39, 0.29) is 5.82 Å². The number of anilines is 1. The number of halogens is 1. The highest BCUT2D eigenvalue weighted by atomic mass is 19.1. The number of hydrogen-bond donors (Lipinski definition) is 1. The van der Waals surface area contributed by atoms with Crippen molar-refractivity contribution in [3.63, 3.8) is 0 Å². The predicted octanol–water partition coefficient (Wildman–Crippen LogP) is 3.38. The molecule has 1 unspecified atom stereocenters. The van der Waals surface area contributed by atoms with Crippen molar-refractivity contribution in [3.8, 4) is 6.07 Å². The fourth-order valence-electron chi connectivity index (χ4n) is 1.87. The molecule has 0 aliphatic heterocycles. The molecule has 2 rings (SSSR count). The number of benzene rings is 2. The van der Waals surface area contributed by atoms with Crippen LogP contribution < -0.4 is 5.32 Å². The summed E-state index contributed by atoms with van der Waals surface area (Å²) in [6.45, 7) is 1.62. The van der Waals surface area contributed by atoms with Gasteiger partial charge in [0.05, 0.1) is 6.07 Å². The molecule has 1 N–H and O–H groups in total. The van der Waals surface area contributed by atoms with Gasteiger partial charge in [0.1, 0.15) is 5.82 Å². The Balaban J connectivity index is 2.18. The number of nitrogens with one attached hydrogen (secondary N) is 1. The quantitative estimate of drug-likeness (QED) is 0.927. The highest BCUT2D eigenvalue weighted by molar-refractivity contribution is 5.97. The third kappa shape index (κ3) is 3.01. The van der Waals surface area contributed by atoms with E-state index >= 15 is 0 Å². The largest absolute Gasteiger partial charge is 0.325 e. The van der Waals surface area contributed by atoms with E-state index in [0.29, 0.717) is 16.8 Å². The van der Waals surface area contributed by atoms with Gasteiger partial charge in [-0.15, -0.1) is 0 Å². The van der Waals surface area contributed by atoms with Gasteiger partial charge in [-0.3, -0.25) is 4.79 Å². The van der Waals surface area contributed by atoms with Gasteiger partial charge >= 0.3 is 0 Å². The molecule has 0 fully saturated rings. The maximum Gasteiger partial charge on any atom is 0.246 e. The Kier molecular flexibility index (Phi) is 4.11. The van der Waals surface area contributed by atoms with Crippen LogP contribution in [-0.2, 0) is 4.79 Å². The molecule has 0 bridgehead atoms.